The van der Waals surface area contributed by atoms with Crippen LogP contribution in [0.2, 0.25) is 0 Å². The van der Waals surface area contributed by atoms with Crippen molar-refractivity contribution < 1.29 is 19.0 Å². The number of rotatable bonds is 5. The van der Waals surface area contributed by atoms with Gasteiger partial charge in [-0.1, -0.05) is 30.3 Å². The van der Waals surface area contributed by atoms with E-state index in [-0.39, 0.29) is 6.61 Å². The van der Waals surface area contributed by atoms with Crippen LogP contribution >= 0.6 is 0 Å². The number of para-hydroxylation sites is 1. The van der Waals surface area contributed by atoms with Gasteiger partial charge >= 0.3 is 5.97 Å². The maximum atomic E-state index is 12.2. The Morgan fingerprint density at radius 2 is 1.62 bits per heavy atom. The Bertz CT molecular complexity index is 870. The van der Waals surface area contributed by atoms with Crippen LogP contribution in [-0.4, -0.2) is 20.2 Å². The number of benzene rings is 3. The summed E-state index contributed by atoms with van der Waals surface area (Å²) in [5, 5.41) is 2.15. The van der Waals surface area contributed by atoms with E-state index >= 15 is 0 Å². The molecule has 0 aliphatic rings. The molecule has 0 spiro atoms. The van der Waals surface area contributed by atoms with Crippen molar-refractivity contribution in [3.63, 3.8) is 0 Å². The van der Waals surface area contributed by atoms with E-state index in [9.17, 15) is 4.79 Å². The van der Waals surface area contributed by atoms with Crippen LogP contribution in [0.25, 0.3) is 10.8 Å². The largest absolute Gasteiger partial charge is 0.497 e. The maximum absolute atomic E-state index is 12.2. The van der Waals surface area contributed by atoms with E-state index in [4.69, 9.17) is 14.2 Å². The standard InChI is InChI=1S/C20H18O4/c1-22-17-10-9-15-11-14(7-8-16(15)12-17)13-24-20(21)18-5-3-4-6-19(18)23-2/h3-12H,13H2,1-2H3. The fourth-order valence-electron chi connectivity index (χ4n) is 2.53. The molecule has 24 heavy (non-hydrogen) atoms. The van der Waals surface area contributed by atoms with Gasteiger partial charge in [0.2, 0.25) is 0 Å². The highest BCUT2D eigenvalue weighted by atomic mass is 16.5. The maximum Gasteiger partial charge on any atom is 0.342 e. The van der Waals surface area contributed by atoms with Crippen LogP contribution in [0.1, 0.15) is 15.9 Å². The monoisotopic (exact) mass is 322 g/mol. The molecule has 4 heteroatoms. The highest BCUT2D eigenvalue weighted by molar-refractivity contribution is 5.92. The average molecular weight is 322 g/mol. The van der Waals surface area contributed by atoms with Crippen LogP contribution in [0, 0.1) is 0 Å². The average Bonchev–Trinajstić information content (AvgIpc) is 2.65. The molecule has 4 nitrogen and oxygen atoms in total. The molecule has 3 aromatic carbocycles. The van der Waals surface area contributed by atoms with E-state index in [2.05, 4.69) is 0 Å². The zero-order valence-electron chi connectivity index (χ0n) is 13.6. The molecular formula is C20H18O4. The first-order chi connectivity index (χ1) is 11.7. The molecule has 0 saturated heterocycles. The second kappa shape index (κ2) is 7.04. The van der Waals surface area contributed by atoms with Gasteiger partial charge in [-0.3, -0.25) is 0 Å². The number of carbonyl (C=O) groups excluding carboxylic acids is 1. The number of hydrogen-bond acceptors (Lipinski definition) is 4. The minimum atomic E-state index is -0.401. The molecule has 0 radical (unpaired) electrons. The number of methoxy groups -OCH3 is 2. The predicted octanol–water partition coefficient (Wildman–Crippen LogP) is 4.21. The topological polar surface area (TPSA) is 44.8 Å². The fourth-order valence-corrected chi connectivity index (χ4v) is 2.53. The molecule has 0 aromatic heterocycles. The molecule has 0 aliphatic carbocycles. The second-order valence-corrected chi connectivity index (χ2v) is 5.32. The van der Waals surface area contributed by atoms with Crippen molar-refractivity contribution in [2.24, 2.45) is 0 Å². The quantitative estimate of drug-likeness (QED) is 0.660. The molecule has 0 atom stereocenters. The number of carbonyl (C=O) groups is 1. The first kappa shape index (κ1) is 15.9. The Balaban J connectivity index is 1.74. The Hall–Kier alpha value is -3.01. The van der Waals surface area contributed by atoms with Crippen molar-refractivity contribution >= 4 is 16.7 Å². The lowest BCUT2D eigenvalue weighted by molar-refractivity contribution is 0.0469. The number of hydrogen-bond donors (Lipinski definition) is 0. The van der Waals surface area contributed by atoms with Crippen molar-refractivity contribution in [1.29, 1.82) is 0 Å². The highest BCUT2D eigenvalue weighted by Gasteiger charge is 2.13. The smallest absolute Gasteiger partial charge is 0.342 e. The van der Waals surface area contributed by atoms with Crippen LogP contribution in [0.5, 0.6) is 11.5 Å². The summed E-state index contributed by atoms with van der Waals surface area (Å²) in [6, 6.07) is 18.8. The van der Waals surface area contributed by atoms with Gasteiger partial charge in [-0.25, -0.2) is 4.79 Å². The zero-order chi connectivity index (χ0) is 16.9. The van der Waals surface area contributed by atoms with Crippen molar-refractivity contribution in [3.8, 4) is 11.5 Å². The summed E-state index contributed by atoms with van der Waals surface area (Å²) < 4.78 is 15.8. The van der Waals surface area contributed by atoms with Crippen LogP contribution in [-0.2, 0) is 11.3 Å². The molecular weight excluding hydrogens is 304 g/mol. The van der Waals surface area contributed by atoms with E-state index in [0.717, 1.165) is 22.1 Å². The minimum absolute atomic E-state index is 0.207. The molecule has 3 aromatic rings. The summed E-state index contributed by atoms with van der Waals surface area (Å²) >= 11 is 0. The number of fused-ring (bicyclic) bond motifs is 1. The van der Waals surface area contributed by atoms with Gasteiger partial charge in [0.1, 0.15) is 23.7 Å². The molecule has 0 heterocycles. The van der Waals surface area contributed by atoms with Crippen molar-refractivity contribution in [2.75, 3.05) is 14.2 Å². The Morgan fingerprint density at radius 3 is 2.42 bits per heavy atom. The minimum Gasteiger partial charge on any atom is -0.497 e. The van der Waals surface area contributed by atoms with E-state index in [0.29, 0.717) is 11.3 Å². The van der Waals surface area contributed by atoms with Crippen LogP contribution < -0.4 is 9.47 Å². The molecule has 0 amide bonds. The molecule has 3 rings (SSSR count). The third-order valence-corrected chi connectivity index (χ3v) is 3.81. The van der Waals surface area contributed by atoms with Gasteiger partial charge in [-0.2, -0.15) is 0 Å². The van der Waals surface area contributed by atoms with Crippen LogP contribution in [0.4, 0.5) is 0 Å². The number of ether oxygens (including phenoxy) is 3. The Labute approximate surface area is 140 Å². The van der Waals surface area contributed by atoms with E-state index in [1.165, 1.54) is 7.11 Å². The first-order valence-corrected chi connectivity index (χ1v) is 7.58. The second-order valence-electron chi connectivity index (χ2n) is 5.32. The van der Waals surface area contributed by atoms with Gasteiger partial charge in [0, 0.05) is 0 Å². The summed E-state index contributed by atoms with van der Waals surface area (Å²) in [6.07, 6.45) is 0. The Kier molecular flexibility index (Phi) is 4.66. The summed E-state index contributed by atoms with van der Waals surface area (Å²) in [7, 11) is 3.18. The first-order valence-electron chi connectivity index (χ1n) is 7.58. The van der Waals surface area contributed by atoms with Gasteiger partial charge in [-0.15, -0.1) is 0 Å². The molecule has 0 saturated carbocycles. The predicted molar refractivity (Wildman–Crippen MR) is 92.6 cm³/mol. The third-order valence-electron chi connectivity index (χ3n) is 3.81. The third kappa shape index (κ3) is 3.33. The summed E-state index contributed by atoms with van der Waals surface area (Å²) in [5.41, 5.74) is 1.35. The summed E-state index contributed by atoms with van der Waals surface area (Å²) in [5.74, 6) is 0.924. The molecule has 0 fully saturated rings. The van der Waals surface area contributed by atoms with Crippen molar-refractivity contribution in [3.05, 3.63) is 71.8 Å². The van der Waals surface area contributed by atoms with Gasteiger partial charge < -0.3 is 14.2 Å². The molecule has 0 bridgehead atoms. The number of esters is 1. The SMILES string of the molecule is COc1ccc2cc(COC(=O)c3ccccc3OC)ccc2c1. The zero-order valence-corrected chi connectivity index (χ0v) is 13.6. The fraction of sp³-hybridized carbons (Fsp3) is 0.150. The van der Waals surface area contributed by atoms with E-state index in [1.54, 1.807) is 25.3 Å². The van der Waals surface area contributed by atoms with Crippen LogP contribution in [0.3, 0.4) is 0 Å². The van der Waals surface area contributed by atoms with Gasteiger partial charge in [0.15, 0.2) is 0 Å². The lowest BCUT2D eigenvalue weighted by atomic mass is 10.1. The normalized spacial score (nSPS) is 10.4. The lowest BCUT2D eigenvalue weighted by Crippen LogP contribution is -2.07. The summed E-state index contributed by atoms with van der Waals surface area (Å²) in [6.45, 7) is 0.207. The summed E-state index contributed by atoms with van der Waals surface area (Å²) in [4.78, 5) is 12.2. The van der Waals surface area contributed by atoms with Crippen molar-refractivity contribution in [1.82, 2.24) is 0 Å². The lowest BCUT2D eigenvalue weighted by Gasteiger charge is -2.09. The van der Waals surface area contributed by atoms with Gasteiger partial charge in [0.25, 0.3) is 0 Å². The van der Waals surface area contributed by atoms with Gasteiger partial charge in [0.05, 0.1) is 14.2 Å². The van der Waals surface area contributed by atoms with E-state index < -0.39 is 5.97 Å². The van der Waals surface area contributed by atoms with Crippen LogP contribution in [0.15, 0.2) is 60.7 Å². The van der Waals surface area contributed by atoms with E-state index in [1.807, 2.05) is 42.5 Å². The molecule has 0 N–H and O–H groups in total. The highest BCUT2D eigenvalue weighted by Crippen LogP contribution is 2.23. The van der Waals surface area contributed by atoms with Gasteiger partial charge in [-0.05, 0) is 46.7 Å². The molecule has 122 valence electrons. The molecule has 0 aliphatic heterocycles. The molecule has 0 unspecified atom stereocenters. The van der Waals surface area contributed by atoms with Crippen molar-refractivity contribution in [2.45, 2.75) is 6.61 Å². The Morgan fingerprint density at radius 1 is 0.875 bits per heavy atom.